The summed E-state index contributed by atoms with van der Waals surface area (Å²) in [4.78, 5) is 9.13. The minimum atomic E-state index is -3.67. The van der Waals surface area contributed by atoms with Gasteiger partial charge in [0.1, 0.15) is 4.90 Å². The highest BCUT2D eigenvalue weighted by Crippen LogP contribution is 2.29. The quantitative estimate of drug-likeness (QED) is 0.637. The van der Waals surface area contributed by atoms with Crippen molar-refractivity contribution in [3.8, 4) is 11.4 Å². The van der Waals surface area contributed by atoms with Gasteiger partial charge in [0.15, 0.2) is 5.82 Å². The van der Waals surface area contributed by atoms with Gasteiger partial charge in [-0.1, -0.05) is 35.3 Å². The predicted octanol–water partition coefficient (Wildman–Crippen LogP) is 4.20. The maximum Gasteiger partial charge on any atom is 0.244 e. The molecule has 0 atom stereocenters. The Morgan fingerprint density at radius 1 is 1.00 bits per heavy atom. The van der Waals surface area contributed by atoms with E-state index in [1.54, 1.807) is 36.5 Å². The van der Waals surface area contributed by atoms with E-state index in [1.165, 1.54) is 10.4 Å². The molecule has 0 saturated heterocycles. The molecule has 4 rings (SSSR count). The minimum Gasteiger partial charge on any atom is -0.236 e. The van der Waals surface area contributed by atoms with Crippen LogP contribution in [0.3, 0.4) is 0 Å². The molecule has 0 N–H and O–H groups in total. The summed E-state index contributed by atoms with van der Waals surface area (Å²) in [5.74, 6) is 0.604. The molecular formula is C19H15Cl2N3O2S. The van der Waals surface area contributed by atoms with E-state index < -0.39 is 10.0 Å². The summed E-state index contributed by atoms with van der Waals surface area (Å²) < 4.78 is 27.3. The van der Waals surface area contributed by atoms with Crippen molar-refractivity contribution < 1.29 is 8.42 Å². The standard InChI is InChI=1S/C19H15Cl2N3O2S/c20-15-7-5-13(6-8-15)19-22-11-14-12-24(10-9-17(14)23-19)27(25,26)18-4-2-1-3-16(18)21/h1-8,11H,9-10,12H2. The molecule has 27 heavy (non-hydrogen) atoms. The topological polar surface area (TPSA) is 63.2 Å². The van der Waals surface area contributed by atoms with Gasteiger partial charge in [-0.2, -0.15) is 4.31 Å². The van der Waals surface area contributed by atoms with Crippen LogP contribution in [0.25, 0.3) is 11.4 Å². The number of hydrogen-bond acceptors (Lipinski definition) is 4. The van der Waals surface area contributed by atoms with Crippen LogP contribution in [0.1, 0.15) is 11.3 Å². The van der Waals surface area contributed by atoms with Crippen LogP contribution in [0, 0.1) is 0 Å². The van der Waals surface area contributed by atoms with Gasteiger partial charge >= 0.3 is 0 Å². The van der Waals surface area contributed by atoms with Gasteiger partial charge in [0.2, 0.25) is 10.0 Å². The number of benzene rings is 2. The molecule has 1 aromatic heterocycles. The van der Waals surface area contributed by atoms with Crippen molar-refractivity contribution in [3.63, 3.8) is 0 Å². The first-order valence-corrected chi connectivity index (χ1v) is 10.5. The van der Waals surface area contributed by atoms with Crippen LogP contribution < -0.4 is 0 Å². The third kappa shape index (κ3) is 3.58. The van der Waals surface area contributed by atoms with E-state index in [4.69, 9.17) is 23.2 Å². The highest BCUT2D eigenvalue weighted by molar-refractivity contribution is 7.89. The van der Waals surface area contributed by atoms with Gasteiger partial charge in [-0.25, -0.2) is 18.4 Å². The number of nitrogens with zero attached hydrogens (tertiary/aromatic N) is 3. The third-order valence-electron chi connectivity index (χ3n) is 4.46. The first-order chi connectivity index (χ1) is 12.9. The highest BCUT2D eigenvalue weighted by atomic mass is 35.5. The lowest BCUT2D eigenvalue weighted by Crippen LogP contribution is -2.36. The Balaban J connectivity index is 1.62. The molecule has 1 aliphatic heterocycles. The van der Waals surface area contributed by atoms with E-state index >= 15 is 0 Å². The lowest BCUT2D eigenvalue weighted by molar-refractivity contribution is 0.387. The van der Waals surface area contributed by atoms with Crippen molar-refractivity contribution in [2.24, 2.45) is 0 Å². The molecule has 1 aliphatic rings. The fourth-order valence-corrected chi connectivity index (χ4v) is 5.06. The number of hydrogen-bond donors (Lipinski definition) is 0. The smallest absolute Gasteiger partial charge is 0.236 e. The average Bonchev–Trinajstić information content (AvgIpc) is 2.68. The SMILES string of the molecule is O=S(=O)(c1ccccc1Cl)N1CCc2nc(-c3ccc(Cl)cc3)ncc2C1. The molecule has 0 aliphatic carbocycles. The van der Waals surface area contributed by atoms with Crippen molar-refractivity contribution in [2.75, 3.05) is 6.54 Å². The van der Waals surface area contributed by atoms with Crippen molar-refractivity contribution in [3.05, 3.63) is 76.0 Å². The Kier molecular flexibility index (Phi) is 4.90. The summed E-state index contributed by atoms with van der Waals surface area (Å²) in [5, 5.41) is 0.870. The second-order valence-corrected chi connectivity index (χ2v) is 8.94. The van der Waals surface area contributed by atoms with Crippen LogP contribution in [-0.2, 0) is 23.0 Å². The van der Waals surface area contributed by atoms with Crippen molar-refractivity contribution in [2.45, 2.75) is 17.9 Å². The number of aromatic nitrogens is 2. The molecule has 0 amide bonds. The fourth-order valence-electron chi connectivity index (χ4n) is 3.03. The zero-order valence-corrected chi connectivity index (χ0v) is 16.5. The minimum absolute atomic E-state index is 0.119. The number of sulfonamides is 1. The van der Waals surface area contributed by atoms with Crippen LogP contribution in [0.4, 0.5) is 0 Å². The van der Waals surface area contributed by atoms with Crippen molar-refractivity contribution in [1.82, 2.24) is 14.3 Å². The van der Waals surface area contributed by atoms with E-state index in [-0.39, 0.29) is 16.5 Å². The van der Waals surface area contributed by atoms with Crippen LogP contribution in [0.5, 0.6) is 0 Å². The van der Waals surface area contributed by atoms with Gasteiger partial charge in [0.05, 0.1) is 10.7 Å². The molecule has 5 nitrogen and oxygen atoms in total. The fraction of sp³-hybridized carbons (Fsp3) is 0.158. The largest absolute Gasteiger partial charge is 0.244 e. The molecule has 0 saturated carbocycles. The molecule has 2 aromatic carbocycles. The molecule has 0 radical (unpaired) electrons. The monoisotopic (exact) mass is 419 g/mol. The normalized spacial score (nSPS) is 14.7. The van der Waals surface area contributed by atoms with E-state index in [2.05, 4.69) is 9.97 Å². The molecule has 0 fully saturated rings. The first kappa shape index (κ1) is 18.4. The Labute approximate surface area is 167 Å². The Bertz CT molecular complexity index is 1100. The molecule has 0 spiro atoms. The second-order valence-electron chi connectivity index (χ2n) is 6.19. The molecule has 0 unspecified atom stereocenters. The van der Waals surface area contributed by atoms with Crippen LogP contribution in [0.2, 0.25) is 10.0 Å². The molecule has 138 valence electrons. The maximum absolute atomic E-state index is 12.9. The summed E-state index contributed by atoms with van der Waals surface area (Å²) >= 11 is 12.0. The van der Waals surface area contributed by atoms with Crippen LogP contribution in [0.15, 0.2) is 59.6 Å². The van der Waals surface area contributed by atoms with E-state index in [1.807, 2.05) is 12.1 Å². The van der Waals surface area contributed by atoms with Gasteiger partial charge in [0.25, 0.3) is 0 Å². The van der Waals surface area contributed by atoms with Gasteiger partial charge in [0, 0.05) is 41.9 Å². The zero-order valence-electron chi connectivity index (χ0n) is 14.1. The predicted molar refractivity (Wildman–Crippen MR) is 105 cm³/mol. The van der Waals surface area contributed by atoms with Crippen molar-refractivity contribution in [1.29, 1.82) is 0 Å². The average molecular weight is 420 g/mol. The lowest BCUT2D eigenvalue weighted by Gasteiger charge is -2.27. The van der Waals surface area contributed by atoms with Crippen LogP contribution in [-0.4, -0.2) is 29.2 Å². The Morgan fingerprint density at radius 3 is 2.48 bits per heavy atom. The van der Waals surface area contributed by atoms with E-state index in [0.29, 0.717) is 23.8 Å². The lowest BCUT2D eigenvalue weighted by atomic mass is 10.1. The summed E-state index contributed by atoms with van der Waals surface area (Å²) in [6.07, 6.45) is 2.21. The maximum atomic E-state index is 12.9. The van der Waals surface area contributed by atoms with Gasteiger partial charge in [-0.3, -0.25) is 0 Å². The van der Waals surface area contributed by atoms with Gasteiger partial charge in [-0.15, -0.1) is 0 Å². The van der Waals surface area contributed by atoms with Crippen LogP contribution >= 0.6 is 23.2 Å². The Hall–Kier alpha value is -1.99. The number of rotatable bonds is 3. The first-order valence-electron chi connectivity index (χ1n) is 8.30. The third-order valence-corrected chi connectivity index (χ3v) is 7.05. The number of fused-ring (bicyclic) bond motifs is 1. The zero-order chi connectivity index (χ0) is 19.0. The highest BCUT2D eigenvalue weighted by Gasteiger charge is 2.30. The molecule has 3 aromatic rings. The van der Waals surface area contributed by atoms with E-state index in [0.717, 1.165) is 16.8 Å². The molecular weight excluding hydrogens is 405 g/mol. The second kappa shape index (κ2) is 7.20. The summed E-state index contributed by atoms with van der Waals surface area (Å²) in [7, 11) is -3.67. The summed E-state index contributed by atoms with van der Waals surface area (Å²) in [5.41, 5.74) is 2.53. The van der Waals surface area contributed by atoms with Gasteiger partial charge in [-0.05, 0) is 36.4 Å². The summed E-state index contributed by atoms with van der Waals surface area (Å²) in [6.45, 7) is 0.571. The Morgan fingerprint density at radius 2 is 1.74 bits per heavy atom. The van der Waals surface area contributed by atoms with E-state index in [9.17, 15) is 8.42 Å². The number of halogens is 2. The molecule has 2 heterocycles. The van der Waals surface area contributed by atoms with Gasteiger partial charge < -0.3 is 0 Å². The summed E-state index contributed by atoms with van der Waals surface area (Å²) in [6, 6.07) is 13.8. The van der Waals surface area contributed by atoms with Crippen molar-refractivity contribution >= 4 is 33.2 Å². The molecule has 8 heteroatoms. The molecule has 0 bridgehead atoms.